The SMILES string of the molecule is O=C(CN1CCC(N2CC(=O)N(c3ccccc3)C2=O)CC1)Nc1cccc([N+](=O)[O-])c1. The van der Waals surface area contributed by atoms with Crippen LogP contribution in [0.15, 0.2) is 54.6 Å². The van der Waals surface area contributed by atoms with Crippen LogP contribution in [0.5, 0.6) is 0 Å². The molecule has 166 valence electrons. The third kappa shape index (κ3) is 4.59. The van der Waals surface area contributed by atoms with E-state index in [1.165, 1.54) is 23.1 Å². The van der Waals surface area contributed by atoms with Crippen molar-refractivity contribution >= 4 is 34.9 Å². The monoisotopic (exact) mass is 437 g/mol. The zero-order valence-electron chi connectivity index (χ0n) is 17.3. The van der Waals surface area contributed by atoms with Crippen LogP contribution in [0.2, 0.25) is 0 Å². The minimum Gasteiger partial charge on any atom is -0.325 e. The molecule has 2 heterocycles. The number of rotatable bonds is 6. The van der Waals surface area contributed by atoms with Crippen LogP contribution in [0.25, 0.3) is 0 Å². The van der Waals surface area contributed by atoms with Crippen molar-refractivity contribution in [3.63, 3.8) is 0 Å². The molecule has 0 unspecified atom stereocenters. The zero-order valence-corrected chi connectivity index (χ0v) is 17.3. The molecule has 32 heavy (non-hydrogen) atoms. The van der Waals surface area contributed by atoms with Crippen LogP contribution in [-0.4, -0.2) is 64.8 Å². The van der Waals surface area contributed by atoms with Gasteiger partial charge in [-0.05, 0) is 31.0 Å². The van der Waals surface area contributed by atoms with Gasteiger partial charge < -0.3 is 10.2 Å². The molecule has 2 saturated heterocycles. The minimum atomic E-state index is -0.510. The summed E-state index contributed by atoms with van der Waals surface area (Å²) in [5, 5.41) is 13.6. The molecule has 0 atom stereocenters. The lowest BCUT2D eigenvalue weighted by Gasteiger charge is -2.35. The molecule has 2 aliphatic rings. The molecule has 2 fully saturated rings. The molecule has 4 amide bonds. The maximum absolute atomic E-state index is 12.9. The van der Waals surface area contributed by atoms with Gasteiger partial charge in [0.1, 0.15) is 6.54 Å². The van der Waals surface area contributed by atoms with Crippen molar-refractivity contribution in [2.75, 3.05) is 36.4 Å². The van der Waals surface area contributed by atoms with Gasteiger partial charge in [-0.15, -0.1) is 0 Å². The smallest absolute Gasteiger partial charge is 0.325 e. The Kier molecular flexibility index (Phi) is 6.13. The van der Waals surface area contributed by atoms with Crippen molar-refractivity contribution in [1.82, 2.24) is 9.80 Å². The lowest BCUT2D eigenvalue weighted by atomic mass is 10.0. The summed E-state index contributed by atoms with van der Waals surface area (Å²) in [6.07, 6.45) is 1.32. The van der Waals surface area contributed by atoms with Crippen LogP contribution in [0.1, 0.15) is 12.8 Å². The molecule has 0 saturated carbocycles. The number of piperidine rings is 1. The van der Waals surface area contributed by atoms with Gasteiger partial charge in [-0.2, -0.15) is 0 Å². The number of carbonyl (C=O) groups excluding carboxylic acids is 3. The number of hydrogen-bond donors (Lipinski definition) is 1. The first-order valence-electron chi connectivity index (χ1n) is 10.4. The van der Waals surface area contributed by atoms with E-state index in [4.69, 9.17) is 0 Å². The number of nitrogens with one attached hydrogen (secondary N) is 1. The van der Waals surface area contributed by atoms with E-state index in [-0.39, 0.29) is 42.7 Å². The first kappa shape index (κ1) is 21.4. The lowest BCUT2D eigenvalue weighted by Crippen LogP contribution is -2.48. The second kappa shape index (κ2) is 9.15. The fourth-order valence-corrected chi connectivity index (χ4v) is 4.13. The predicted molar refractivity (Wildman–Crippen MR) is 117 cm³/mol. The summed E-state index contributed by atoms with van der Waals surface area (Å²) in [6, 6.07) is 14.3. The molecule has 2 aromatic rings. The molecule has 0 radical (unpaired) electrons. The summed E-state index contributed by atoms with van der Waals surface area (Å²) in [5.41, 5.74) is 0.861. The van der Waals surface area contributed by atoms with Crippen LogP contribution in [-0.2, 0) is 9.59 Å². The van der Waals surface area contributed by atoms with Crippen molar-refractivity contribution in [2.45, 2.75) is 18.9 Å². The predicted octanol–water partition coefficient (Wildman–Crippen LogP) is 2.47. The summed E-state index contributed by atoms with van der Waals surface area (Å²) < 4.78 is 0. The molecule has 10 heteroatoms. The number of imide groups is 1. The van der Waals surface area contributed by atoms with Crippen LogP contribution >= 0.6 is 0 Å². The number of likely N-dealkylation sites (tertiary alicyclic amines) is 1. The number of nitro groups is 1. The molecule has 2 aliphatic heterocycles. The summed E-state index contributed by atoms with van der Waals surface area (Å²) in [4.78, 5) is 52.8. The third-order valence-electron chi connectivity index (χ3n) is 5.71. The number of nitrogens with zero attached hydrogens (tertiary/aromatic N) is 4. The van der Waals surface area contributed by atoms with Gasteiger partial charge in [0, 0.05) is 37.0 Å². The highest BCUT2D eigenvalue weighted by atomic mass is 16.6. The highest BCUT2D eigenvalue weighted by Gasteiger charge is 2.41. The Morgan fingerprint density at radius 3 is 2.47 bits per heavy atom. The van der Waals surface area contributed by atoms with Crippen LogP contribution in [0.3, 0.4) is 0 Å². The van der Waals surface area contributed by atoms with Gasteiger partial charge in [0.25, 0.3) is 11.6 Å². The molecule has 0 aliphatic carbocycles. The van der Waals surface area contributed by atoms with Crippen LogP contribution in [0.4, 0.5) is 21.9 Å². The Labute approximate surface area is 184 Å². The Balaban J connectivity index is 1.29. The number of carbonyl (C=O) groups is 3. The number of benzene rings is 2. The number of amides is 4. The number of urea groups is 1. The van der Waals surface area contributed by atoms with E-state index in [0.717, 1.165) is 0 Å². The molecular formula is C22H23N5O5. The highest BCUT2D eigenvalue weighted by Crippen LogP contribution is 2.26. The van der Waals surface area contributed by atoms with E-state index in [1.54, 1.807) is 35.2 Å². The molecule has 1 N–H and O–H groups in total. The standard InChI is InChI=1S/C22H23N5O5/c28-20(23-16-5-4-8-19(13-16)27(31)32)14-24-11-9-17(10-12-24)25-15-21(29)26(22(25)30)18-6-2-1-3-7-18/h1-8,13,17H,9-12,14-15H2,(H,23,28). The molecule has 10 nitrogen and oxygen atoms in total. The average molecular weight is 437 g/mol. The highest BCUT2D eigenvalue weighted by molar-refractivity contribution is 6.19. The van der Waals surface area contributed by atoms with E-state index in [2.05, 4.69) is 5.32 Å². The Bertz CT molecular complexity index is 1040. The van der Waals surface area contributed by atoms with Gasteiger partial charge in [0.15, 0.2) is 0 Å². The van der Waals surface area contributed by atoms with Gasteiger partial charge in [0.2, 0.25) is 5.91 Å². The van der Waals surface area contributed by atoms with E-state index in [1.807, 2.05) is 11.0 Å². The maximum atomic E-state index is 12.9. The molecule has 2 aromatic carbocycles. The van der Waals surface area contributed by atoms with E-state index in [9.17, 15) is 24.5 Å². The largest absolute Gasteiger partial charge is 0.332 e. The van der Waals surface area contributed by atoms with Crippen LogP contribution < -0.4 is 10.2 Å². The second-order valence-electron chi connectivity index (χ2n) is 7.84. The van der Waals surface area contributed by atoms with Crippen molar-refractivity contribution in [2.24, 2.45) is 0 Å². The molecule has 4 rings (SSSR count). The first-order valence-corrected chi connectivity index (χ1v) is 10.4. The fourth-order valence-electron chi connectivity index (χ4n) is 4.13. The summed E-state index contributed by atoms with van der Waals surface area (Å²) in [6.45, 7) is 1.43. The van der Waals surface area contributed by atoms with E-state index >= 15 is 0 Å². The van der Waals surface area contributed by atoms with Gasteiger partial charge in [0.05, 0.1) is 17.2 Å². The normalized spacial score (nSPS) is 17.6. The fraction of sp³-hybridized carbons (Fsp3) is 0.318. The van der Waals surface area contributed by atoms with Crippen molar-refractivity contribution < 1.29 is 19.3 Å². The average Bonchev–Trinajstić information content (AvgIpc) is 3.08. The van der Waals surface area contributed by atoms with Crippen molar-refractivity contribution in [3.05, 3.63) is 64.7 Å². The third-order valence-corrected chi connectivity index (χ3v) is 5.71. The van der Waals surface area contributed by atoms with Gasteiger partial charge in [-0.3, -0.25) is 24.6 Å². The molecule has 0 bridgehead atoms. The van der Waals surface area contributed by atoms with Crippen LogP contribution in [0, 0.1) is 10.1 Å². The number of anilines is 2. The van der Waals surface area contributed by atoms with Gasteiger partial charge >= 0.3 is 6.03 Å². The molecular weight excluding hydrogens is 414 g/mol. The summed E-state index contributed by atoms with van der Waals surface area (Å²) >= 11 is 0. The summed E-state index contributed by atoms with van der Waals surface area (Å²) in [7, 11) is 0. The lowest BCUT2D eigenvalue weighted by molar-refractivity contribution is -0.384. The number of hydrogen-bond acceptors (Lipinski definition) is 6. The Hall–Kier alpha value is -3.79. The van der Waals surface area contributed by atoms with Gasteiger partial charge in [-0.25, -0.2) is 9.69 Å². The molecule has 0 spiro atoms. The minimum absolute atomic E-state index is 0.0590. The first-order chi connectivity index (χ1) is 15.4. The number of para-hydroxylation sites is 1. The Morgan fingerprint density at radius 1 is 1.06 bits per heavy atom. The topological polar surface area (TPSA) is 116 Å². The molecule has 0 aromatic heterocycles. The van der Waals surface area contributed by atoms with Crippen molar-refractivity contribution in [3.8, 4) is 0 Å². The second-order valence-corrected chi connectivity index (χ2v) is 7.84. The zero-order chi connectivity index (χ0) is 22.7. The van der Waals surface area contributed by atoms with Crippen molar-refractivity contribution in [1.29, 1.82) is 0 Å². The Morgan fingerprint density at radius 2 is 1.78 bits per heavy atom. The summed E-state index contributed by atoms with van der Waals surface area (Å²) in [5.74, 6) is -0.494. The van der Waals surface area contributed by atoms with Gasteiger partial charge in [-0.1, -0.05) is 24.3 Å². The quantitative estimate of drug-likeness (QED) is 0.422. The maximum Gasteiger partial charge on any atom is 0.332 e. The van der Waals surface area contributed by atoms with E-state index < -0.39 is 4.92 Å². The number of nitro benzene ring substituents is 1. The van der Waals surface area contributed by atoms with E-state index in [0.29, 0.717) is 37.3 Å². The number of non-ortho nitro benzene ring substituents is 1.